The number of carbonyl (C=O) groups is 1. The average Bonchev–Trinajstić information content (AvgIpc) is 3.29. The number of nitrogens with zero attached hydrogens (tertiary/aromatic N) is 1. The van der Waals surface area contributed by atoms with Gasteiger partial charge in [-0.15, -0.1) is 0 Å². The van der Waals surface area contributed by atoms with Crippen molar-refractivity contribution in [3.8, 4) is 0 Å². The minimum atomic E-state index is -0.556. The molecule has 3 fully saturated rings. The van der Waals surface area contributed by atoms with E-state index in [9.17, 15) is 9.70 Å². The van der Waals surface area contributed by atoms with Crippen LogP contribution in [0.15, 0.2) is 5.18 Å². The fourth-order valence-electron chi connectivity index (χ4n) is 5.16. The van der Waals surface area contributed by atoms with Crippen LogP contribution >= 0.6 is 0 Å². The van der Waals surface area contributed by atoms with E-state index < -0.39 is 11.6 Å². The maximum absolute atomic E-state index is 12.5. The average molecular weight is 307 g/mol. The predicted molar refractivity (Wildman–Crippen MR) is 86.1 cm³/mol. The molecule has 0 spiro atoms. The van der Waals surface area contributed by atoms with Crippen LogP contribution in [0, 0.1) is 22.2 Å². The van der Waals surface area contributed by atoms with Crippen LogP contribution in [0.1, 0.15) is 65.2 Å². The van der Waals surface area contributed by atoms with E-state index in [-0.39, 0.29) is 11.3 Å². The van der Waals surface area contributed by atoms with Gasteiger partial charge in [-0.05, 0) is 69.1 Å². The van der Waals surface area contributed by atoms with Gasteiger partial charge < -0.3 is 11.1 Å². The van der Waals surface area contributed by atoms with Crippen LogP contribution in [0.5, 0.6) is 0 Å². The molecule has 5 nitrogen and oxygen atoms in total. The summed E-state index contributed by atoms with van der Waals surface area (Å²) in [5, 5.41) is 6.49. The number of fused-ring (bicyclic) bond motifs is 2. The summed E-state index contributed by atoms with van der Waals surface area (Å²) in [7, 11) is 0. The first-order valence-electron chi connectivity index (χ1n) is 8.80. The Kier molecular flexibility index (Phi) is 4.04. The minimum absolute atomic E-state index is 0.0202. The summed E-state index contributed by atoms with van der Waals surface area (Å²) < 4.78 is 0. The molecule has 0 aliphatic heterocycles. The van der Waals surface area contributed by atoms with Crippen LogP contribution < -0.4 is 11.1 Å². The van der Waals surface area contributed by atoms with Crippen molar-refractivity contribution in [2.45, 2.75) is 82.8 Å². The topological polar surface area (TPSA) is 84.6 Å². The van der Waals surface area contributed by atoms with Crippen LogP contribution in [0.2, 0.25) is 0 Å². The molecule has 3 rings (SSSR count). The lowest BCUT2D eigenvalue weighted by atomic mass is 9.52. The second kappa shape index (κ2) is 5.59. The molecular formula is C17H29N3O2. The van der Waals surface area contributed by atoms with Crippen LogP contribution in [0.25, 0.3) is 0 Å². The molecule has 3 saturated carbocycles. The van der Waals surface area contributed by atoms with Gasteiger partial charge in [0.05, 0.1) is 6.04 Å². The van der Waals surface area contributed by atoms with Crippen molar-refractivity contribution >= 4 is 5.91 Å². The fourth-order valence-corrected chi connectivity index (χ4v) is 5.16. The number of amides is 1. The Morgan fingerprint density at radius 3 is 2.68 bits per heavy atom. The van der Waals surface area contributed by atoms with Crippen LogP contribution in [-0.2, 0) is 4.79 Å². The molecule has 124 valence electrons. The molecule has 3 N–H and O–H groups in total. The predicted octanol–water partition coefficient (Wildman–Crippen LogP) is 2.72. The summed E-state index contributed by atoms with van der Waals surface area (Å²) in [6.07, 6.45) is 7.87. The van der Waals surface area contributed by atoms with E-state index in [2.05, 4.69) is 17.4 Å². The second-order valence-corrected chi connectivity index (χ2v) is 8.38. The van der Waals surface area contributed by atoms with Gasteiger partial charge in [0.25, 0.3) is 0 Å². The second-order valence-electron chi connectivity index (χ2n) is 8.38. The normalized spacial score (nSPS) is 42.5. The first kappa shape index (κ1) is 15.9. The molecule has 0 radical (unpaired) electrons. The van der Waals surface area contributed by atoms with Crippen molar-refractivity contribution in [2.24, 2.45) is 28.2 Å². The molecule has 5 unspecified atom stereocenters. The molecule has 5 atom stereocenters. The number of hydrogen-bond acceptors (Lipinski definition) is 4. The maximum Gasteiger partial charge on any atom is 0.237 e. The monoisotopic (exact) mass is 307 g/mol. The highest BCUT2D eigenvalue weighted by Crippen LogP contribution is 2.57. The van der Waals surface area contributed by atoms with Gasteiger partial charge in [0, 0.05) is 6.04 Å². The minimum Gasteiger partial charge on any atom is -0.352 e. The zero-order valence-corrected chi connectivity index (χ0v) is 13.8. The Morgan fingerprint density at radius 1 is 1.36 bits per heavy atom. The highest BCUT2D eigenvalue weighted by atomic mass is 16.3. The molecule has 2 bridgehead atoms. The number of rotatable bonds is 5. The van der Waals surface area contributed by atoms with Gasteiger partial charge in [0.1, 0.15) is 5.54 Å². The third-order valence-corrected chi connectivity index (χ3v) is 6.18. The van der Waals surface area contributed by atoms with Crippen LogP contribution in [-0.4, -0.2) is 23.5 Å². The lowest BCUT2D eigenvalue weighted by Crippen LogP contribution is -2.59. The quantitative estimate of drug-likeness (QED) is 0.766. The molecule has 0 heterocycles. The zero-order chi connectivity index (χ0) is 16.0. The molecule has 0 aromatic heterocycles. The van der Waals surface area contributed by atoms with Crippen molar-refractivity contribution in [3.05, 3.63) is 4.91 Å². The molecule has 0 aromatic rings. The van der Waals surface area contributed by atoms with Crippen molar-refractivity contribution in [3.63, 3.8) is 0 Å². The Hall–Kier alpha value is -0.970. The SMILES string of the molecule is CCC1CC2CC(C)(N=O)CC(C(N)C(=O)NC3CC3)(C1)C2. The summed E-state index contributed by atoms with van der Waals surface area (Å²) in [5.41, 5.74) is 5.64. The lowest BCUT2D eigenvalue weighted by molar-refractivity contribution is -0.129. The highest BCUT2D eigenvalue weighted by Gasteiger charge is 2.55. The van der Waals surface area contributed by atoms with Crippen molar-refractivity contribution < 1.29 is 4.79 Å². The zero-order valence-electron chi connectivity index (χ0n) is 13.8. The van der Waals surface area contributed by atoms with Gasteiger partial charge in [-0.1, -0.05) is 18.5 Å². The summed E-state index contributed by atoms with van der Waals surface area (Å²) in [6.45, 7) is 4.16. The Balaban J connectivity index is 1.84. The molecule has 0 aromatic carbocycles. The van der Waals surface area contributed by atoms with Gasteiger partial charge in [-0.25, -0.2) is 0 Å². The van der Waals surface area contributed by atoms with E-state index in [0.717, 1.165) is 44.9 Å². The standard InChI is InChI=1S/C17H29N3O2/c1-3-11-6-12-7-16(2,20-22)10-17(8-11,9-12)14(18)15(21)19-13-4-5-13/h11-14H,3-10,18H2,1-2H3,(H,19,21). The number of nitroso groups, excluding NO2 is 1. The van der Waals surface area contributed by atoms with Gasteiger partial charge in [-0.2, -0.15) is 4.91 Å². The Bertz CT molecular complexity index is 465. The number of nitrogens with two attached hydrogens (primary N) is 1. The first-order chi connectivity index (χ1) is 10.4. The summed E-state index contributed by atoms with van der Waals surface area (Å²) in [6, 6.07) is -0.179. The molecular weight excluding hydrogens is 278 g/mol. The molecule has 5 heteroatoms. The van der Waals surface area contributed by atoms with E-state index in [4.69, 9.17) is 5.73 Å². The van der Waals surface area contributed by atoms with Gasteiger partial charge >= 0.3 is 0 Å². The molecule has 22 heavy (non-hydrogen) atoms. The third-order valence-electron chi connectivity index (χ3n) is 6.18. The maximum atomic E-state index is 12.5. The van der Waals surface area contributed by atoms with Gasteiger partial charge in [0.2, 0.25) is 5.91 Å². The number of nitrogens with one attached hydrogen (secondary N) is 1. The third kappa shape index (κ3) is 2.92. The van der Waals surface area contributed by atoms with Crippen molar-refractivity contribution in [1.82, 2.24) is 5.32 Å². The summed E-state index contributed by atoms with van der Waals surface area (Å²) in [5.74, 6) is 1.08. The fraction of sp³-hybridized carbons (Fsp3) is 0.941. The van der Waals surface area contributed by atoms with Gasteiger partial charge in [0.15, 0.2) is 0 Å². The van der Waals surface area contributed by atoms with E-state index in [0.29, 0.717) is 24.3 Å². The first-order valence-corrected chi connectivity index (χ1v) is 8.80. The van der Waals surface area contributed by atoms with E-state index >= 15 is 0 Å². The van der Waals surface area contributed by atoms with E-state index in [1.807, 2.05) is 6.92 Å². The molecule has 3 aliphatic carbocycles. The van der Waals surface area contributed by atoms with E-state index in [1.54, 1.807) is 0 Å². The Labute approximate surface area is 132 Å². The molecule has 1 amide bonds. The van der Waals surface area contributed by atoms with E-state index in [1.165, 1.54) is 0 Å². The smallest absolute Gasteiger partial charge is 0.237 e. The van der Waals surface area contributed by atoms with Crippen molar-refractivity contribution in [2.75, 3.05) is 0 Å². The van der Waals surface area contributed by atoms with Crippen molar-refractivity contribution in [1.29, 1.82) is 0 Å². The summed E-state index contributed by atoms with van der Waals surface area (Å²) in [4.78, 5) is 23.9. The number of hydrogen-bond donors (Lipinski definition) is 2. The lowest BCUT2D eigenvalue weighted by Gasteiger charge is -2.54. The summed E-state index contributed by atoms with van der Waals surface area (Å²) >= 11 is 0. The highest BCUT2D eigenvalue weighted by molar-refractivity contribution is 5.83. The Morgan fingerprint density at radius 2 is 2.09 bits per heavy atom. The molecule has 3 aliphatic rings. The van der Waals surface area contributed by atoms with Crippen LogP contribution in [0.3, 0.4) is 0 Å². The van der Waals surface area contributed by atoms with Gasteiger partial charge in [-0.3, -0.25) is 4.79 Å². The van der Waals surface area contributed by atoms with Crippen LogP contribution in [0.4, 0.5) is 0 Å². The largest absolute Gasteiger partial charge is 0.352 e. The molecule has 0 saturated heterocycles. The number of carbonyl (C=O) groups excluding carboxylic acids is 1.